The molecule has 1 aliphatic carbocycles. The van der Waals surface area contributed by atoms with Crippen LogP contribution in [0.25, 0.3) is 0 Å². The quantitative estimate of drug-likeness (QED) is 0.313. The van der Waals surface area contributed by atoms with E-state index in [2.05, 4.69) is 33.9 Å². The average Bonchev–Trinajstić information content (AvgIpc) is 3.59. The van der Waals surface area contributed by atoms with Crippen molar-refractivity contribution >= 4 is 17.9 Å². The number of fused-ring (bicyclic) bond motifs is 1. The summed E-state index contributed by atoms with van der Waals surface area (Å²) >= 11 is 0. The fourth-order valence-electron chi connectivity index (χ4n) is 5.19. The number of benzene rings is 1. The van der Waals surface area contributed by atoms with E-state index in [0.717, 1.165) is 38.5 Å². The minimum absolute atomic E-state index is 0.00854. The van der Waals surface area contributed by atoms with Gasteiger partial charge in [-0.1, -0.05) is 33.9 Å². The molecule has 0 aromatic heterocycles. The molecule has 8 heteroatoms. The summed E-state index contributed by atoms with van der Waals surface area (Å²) in [7, 11) is 0. The minimum Gasteiger partial charge on any atom is -0.508 e. The highest BCUT2D eigenvalue weighted by molar-refractivity contribution is 5.88. The van der Waals surface area contributed by atoms with E-state index in [0.29, 0.717) is 23.0 Å². The maximum Gasteiger partial charge on any atom is 0.338 e. The third-order valence-corrected chi connectivity index (χ3v) is 7.51. The summed E-state index contributed by atoms with van der Waals surface area (Å²) in [6.07, 6.45) is 6.67. The van der Waals surface area contributed by atoms with Crippen molar-refractivity contribution in [2.24, 2.45) is 11.3 Å². The summed E-state index contributed by atoms with van der Waals surface area (Å²) in [6.45, 7) is 16.8. The van der Waals surface area contributed by atoms with Gasteiger partial charge >= 0.3 is 17.9 Å². The first kappa shape index (κ1) is 29.4. The Labute approximate surface area is 225 Å². The van der Waals surface area contributed by atoms with E-state index in [1.807, 2.05) is 0 Å². The maximum atomic E-state index is 11.6. The Hall–Kier alpha value is -3.13. The van der Waals surface area contributed by atoms with Gasteiger partial charge in [-0.15, -0.1) is 0 Å². The number of hydrogen-bond acceptors (Lipinski definition) is 8. The number of ether oxygens (including phenoxy) is 4. The Balaban J connectivity index is 0.000000160. The molecule has 5 rings (SSSR count). The zero-order valence-corrected chi connectivity index (χ0v) is 23.1. The fraction of sp³-hybridized carbons (Fsp3) is 0.567. The van der Waals surface area contributed by atoms with Crippen LogP contribution in [-0.2, 0) is 28.6 Å². The number of phenolic OH excluding ortho intramolecular Hbond substituents is 1. The Bertz CT molecular complexity index is 1060. The SMILES string of the molecule is C=C(C)C(=O)OC1(C(C)(C)C)CCCC1.C=C(C)C(=O)Oc1ccc(O)cc1.O=C1OC2CC3CC1C2O3. The molecule has 3 saturated heterocycles. The van der Waals surface area contributed by atoms with Crippen molar-refractivity contribution in [1.29, 1.82) is 0 Å². The van der Waals surface area contributed by atoms with Gasteiger partial charge in [-0.2, -0.15) is 0 Å². The molecule has 4 unspecified atom stereocenters. The van der Waals surface area contributed by atoms with Crippen LogP contribution in [0.3, 0.4) is 0 Å². The molecule has 0 radical (unpaired) electrons. The van der Waals surface area contributed by atoms with Gasteiger partial charge < -0.3 is 24.1 Å². The van der Waals surface area contributed by atoms with Gasteiger partial charge in [-0.25, -0.2) is 9.59 Å². The average molecular weight is 529 g/mol. The van der Waals surface area contributed by atoms with Crippen molar-refractivity contribution in [2.45, 2.75) is 97.1 Å². The number of carbonyl (C=O) groups is 3. The monoisotopic (exact) mass is 528 g/mol. The van der Waals surface area contributed by atoms with Crippen LogP contribution in [0.4, 0.5) is 0 Å². The molecule has 0 amide bonds. The summed E-state index contributed by atoms with van der Waals surface area (Å²) in [5.74, 6) is -0.128. The van der Waals surface area contributed by atoms with Crippen molar-refractivity contribution in [3.8, 4) is 11.5 Å². The molecule has 38 heavy (non-hydrogen) atoms. The highest BCUT2D eigenvalue weighted by atomic mass is 16.6. The Kier molecular flexibility index (Phi) is 9.08. The van der Waals surface area contributed by atoms with Crippen molar-refractivity contribution in [2.75, 3.05) is 0 Å². The molecule has 4 atom stereocenters. The van der Waals surface area contributed by atoms with Crippen LogP contribution >= 0.6 is 0 Å². The Morgan fingerprint density at radius 1 is 1.00 bits per heavy atom. The van der Waals surface area contributed by atoms with E-state index >= 15 is 0 Å². The zero-order chi connectivity index (χ0) is 28.3. The van der Waals surface area contributed by atoms with Crippen LogP contribution in [0, 0.1) is 11.3 Å². The van der Waals surface area contributed by atoms with Crippen LogP contribution in [-0.4, -0.2) is 46.9 Å². The van der Waals surface area contributed by atoms with E-state index in [1.54, 1.807) is 13.8 Å². The molecule has 2 bridgehead atoms. The van der Waals surface area contributed by atoms with Crippen LogP contribution in [0.5, 0.6) is 11.5 Å². The van der Waals surface area contributed by atoms with Crippen molar-refractivity contribution in [3.05, 3.63) is 48.6 Å². The molecular weight excluding hydrogens is 488 g/mol. The number of aromatic hydroxyl groups is 1. The molecule has 4 fully saturated rings. The molecule has 208 valence electrons. The molecule has 1 aromatic rings. The third-order valence-electron chi connectivity index (χ3n) is 7.51. The fourth-order valence-corrected chi connectivity index (χ4v) is 5.19. The maximum absolute atomic E-state index is 11.6. The summed E-state index contributed by atoms with van der Waals surface area (Å²) in [6, 6.07) is 5.91. The lowest BCUT2D eigenvalue weighted by atomic mass is 9.75. The van der Waals surface area contributed by atoms with Gasteiger partial charge in [0.1, 0.15) is 29.3 Å². The highest BCUT2D eigenvalue weighted by Gasteiger charge is 2.58. The number of phenols is 1. The minimum atomic E-state index is -0.467. The Morgan fingerprint density at radius 3 is 2.03 bits per heavy atom. The summed E-state index contributed by atoms with van der Waals surface area (Å²) < 4.78 is 21.1. The van der Waals surface area contributed by atoms with E-state index in [9.17, 15) is 14.4 Å². The number of rotatable bonds is 4. The van der Waals surface area contributed by atoms with Crippen LogP contribution in [0.2, 0.25) is 0 Å². The van der Waals surface area contributed by atoms with Gasteiger partial charge in [-0.3, -0.25) is 4.79 Å². The molecule has 1 aromatic carbocycles. The normalized spacial score (nSPS) is 25.8. The van der Waals surface area contributed by atoms with Gasteiger partial charge in [0.25, 0.3) is 0 Å². The molecule has 1 N–H and O–H groups in total. The summed E-state index contributed by atoms with van der Waals surface area (Å²) in [4.78, 5) is 33.6. The standard InChI is InChI=1S/C13H22O2.C10H10O3.C7H8O3/c1-10(2)11(14)15-13(12(3,4)5)8-6-7-9-13;1-7(2)10(12)13-9-5-3-8(11)4-6-9;8-7-4-1-3-2-5(10-7)6(4)9-3/h1,6-9H2,2-5H3;3-6,11H,1H2,2H3;3-6H,1-2H2. The number of carbonyl (C=O) groups excluding carboxylic acids is 3. The second-order valence-corrected chi connectivity index (χ2v) is 11.6. The van der Waals surface area contributed by atoms with E-state index in [4.69, 9.17) is 24.1 Å². The van der Waals surface area contributed by atoms with E-state index in [1.165, 1.54) is 24.3 Å². The van der Waals surface area contributed by atoms with Gasteiger partial charge in [0.2, 0.25) is 0 Å². The molecule has 8 nitrogen and oxygen atoms in total. The second kappa shape index (κ2) is 11.7. The third kappa shape index (κ3) is 6.84. The van der Waals surface area contributed by atoms with Crippen LogP contribution in [0.15, 0.2) is 48.6 Å². The van der Waals surface area contributed by atoms with Gasteiger partial charge in [0.15, 0.2) is 0 Å². The van der Waals surface area contributed by atoms with Gasteiger partial charge in [0, 0.05) is 23.0 Å². The predicted molar refractivity (Wildman–Crippen MR) is 141 cm³/mol. The first-order valence-corrected chi connectivity index (χ1v) is 13.1. The molecule has 0 spiro atoms. The second-order valence-electron chi connectivity index (χ2n) is 11.6. The van der Waals surface area contributed by atoms with Gasteiger partial charge in [-0.05, 0) is 70.2 Å². The lowest BCUT2D eigenvalue weighted by Crippen LogP contribution is -2.44. The number of hydrogen-bond donors (Lipinski definition) is 1. The predicted octanol–water partition coefficient (Wildman–Crippen LogP) is 5.43. The van der Waals surface area contributed by atoms with E-state index in [-0.39, 0.29) is 46.8 Å². The van der Waals surface area contributed by atoms with Crippen molar-refractivity contribution in [1.82, 2.24) is 0 Å². The molecule has 1 saturated carbocycles. The lowest BCUT2D eigenvalue weighted by molar-refractivity contribution is -0.167. The Morgan fingerprint density at radius 2 is 1.58 bits per heavy atom. The lowest BCUT2D eigenvalue weighted by Gasteiger charge is -2.41. The zero-order valence-electron chi connectivity index (χ0n) is 23.1. The smallest absolute Gasteiger partial charge is 0.338 e. The van der Waals surface area contributed by atoms with Crippen molar-refractivity contribution in [3.63, 3.8) is 0 Å². The largest absolute Gasteiger partial charge is 0.508 e. The number of esters is 3. The van der Waals surface area contributed by atoms with Crippen LogP contribution in [0.1, 0.15) is 73.1 Å². The van der Waals surface area contributed by atoms with Crippen LogP contribution < -0.4 is 4.74 Å². The van der Waals surface area contributed by atoms with E-state index < -0.39 is 5.97 Å². The highest BCUT2D eigenvalue weighted by Crippen LogP contribution is 2.47. The van der Waals surface area contributed by atoms with Gasteiger partial charge in [0.05, 0.1) is 12.0 Å². The summed E-state index contributed by atoms with van der Waals surface area (Å²) in [5, 5.41) is 8.94. The summed E-state index contributed by atoms with van der Waals surface area (Å²) in [5.41, 5.74) is 0.566. The molecule has 3 aliphatic heterocycles. The molecule has 3 heterocycles. The molecular formula is C30H40O8. The first-order valence-electron chi connectivity index (χ1n) is 13.1. The van der Waals surface area contributed by atoms with Crippen molar-refractivity contribution < 1.29 is 38.4 Å². The molecule has 4 aliphatic rings. The first-order chi connectivity index (χ1) is 17.7. The topological polar surface area (TPSA) is 108 Å².